The summed E-state index contributed by atoms with van der Waals surface area (Å²) in [7, 11) is 0. The lowest BCUT2D eigenvalue weighted by molar-refractivity contribution is 0.0648. The molecule has 2 aromatic heterocycles. The zero-order valence-corrected chi connectivity index (χ0v) is 17.1. The summed E-state index contributed by atoms with van der Waals surface area (Å²) in [5.41, 5.74) is 2.25. The third kappa shape index (κ3) is 2.94. The monoisotopic (exact) mass is 435 g/mol. The van der Waals surface area contributed by atoms with Gasteiger partial charge in [0.15, 0.2) is 0 Å². The molecule has 1 aliphatic rings. The minimum atomic E-state index is -0.338. The molecular formula is C22H14ClN3O3S. The van der Waals surface area contributed by atoms with E-state index in [9.17, 15) is 14.4 Å². The molecule has 4 aromatic rings. The first kappa shape index (κ1) is 18.7. The Bertz CT molecular complexity index is 1340. The van der Waals surface area contributed by atoms with E-state index < -0.39 is 0 Å². The van der Waals surface area contributed by atoms with Crippen molar-refractivity contribution >= 4 is 45.0 Å². The van der Waals surface area contributed by atoms with Crippen molar-refractivity contribution in [2.45, 2.75) is 6.54 Å². The smallest absolute Gasteiger partial charge is 0.262 e. The lowest BCUT2D eigenvalue weighted by Gasteiger charge is -2.14. The van der Waals surface area contributed by atoms with Gasteiger partial charge in [-0.25, -0.2) is 4.98 Å². The molecule has 0 aliphatic carbocycles. The molecule has 0 unspecified atom stereocenters. The van der Waals surface area contributed by atoms with Crippen molar-refractivity contribution in [3.8, 4) is 11.1 Å². The molecular weight excluding hydrogens is 422 g/mol. The quantitative estimate of drug-likeness (QED) is 0.453. The molecule has 0 saturated carbocycles. The Morgan fingerprint density at radius 1 is 0.867 bits per heavy atom. The van der Waals surface area contributed by atoms with E-state index in [4.69, 9.17) is 11.6 Å². The van der Waals surface area contributed by atoms with Gasteiger partial charge >= 0.3 is 0 Å². The van der Waals surface area contributed by atoms with E-state index in [1.54, 1.807) is 36.4 Å². The van der Waals surface area contributed by atoms with E-state index in [2.05, 4.69) is 4.98 Å². The number of fused-ring (bicyclic) bond motifs is 2. The van der Waals surface area contributed by atoms with Gasteiger partial charge in [0.25, 0.3) is 17.4 Å². The summed E-state index contributed by atoms with van der Waals surface area (Å²) in [6.07, 6.45) is 1.46. The molecule has 0 radical (unpaired) electrons. The summed E-state index contributed by atoms with van der Waals surface area (Å²) in [5, 5.41) is 3.04. The lowest BCUT2D eigenvalue weighted by Crippen LogP contribution is -2.35. The molecule has 8 heteroatoms. The number of amides is 2. The number of benzene rings is 2. The molecule has 0 spiro atoms. The van der Waals surface area contributed by atoms with Crippen molar-refractivity contribution in [2.24, 2.45) is 0 Å². The van der Waals surface area contributed by atoms with Gasteiger partial charge in [-0.3, -0.25) is 23.9 Å². The minimum absolute atomic E-state index is 0.0971. The van der Waals surface area contributed by atoms with Crippen molar-refractivity contribution in [1.82, 2.24) is 14.5 Å². The van der Waals surface area contributed by atoms with E-state index >= 15 is 0 Å². The first-order valence-electron chi connectivity index (χ1n) is 9.22. The Balaban J connectivity index is 1.46. The van der Waals surface area contributed by atoms with Crippen LogP contribution < -0.4 is 5.56 Å². The highest BCUT2D eigenvalue weighted by molar-refractivity contribution is 7.17. The third-order valence-corrected chi connectivity index (χ3v) is 6.30. The molecule has 2 amide bonds. The fraction of sp³-hybridized carbons (Fsp3) is 0.0909. The number of hydrogen-bond acceptors (Lipinski definition) is 5. The van der Waals surface area contributed by atoms with Crippen molar-refractivity contribution in [2.75, 3.05) is 6.54 Å². The van der Waals surface area contributed by atoms with Gasteiger partial charge in [-0.05, 0) is 29.8 Å². The predicted octanol–water partition coefficient (Wildman–Crippen LogP) is 4.07. The minimum Gasteiger partial charge on any atom is -0.297 e. The van der Waals surface area contributed by atoms with Crippen LogP contribution in [0.5, 0.6) is 0 Å². The molecule has 148 valence electrons. The Kier molecular flexibility index (Phi) is 4.49. The van der Waals surface area contributed by atoms with Crippen molar-refractivity contribution in [1.29, 1.82) is 0 Å². The lowest BCUT2D eigenvalue weighted by atomic mass is 10.1. The normalized spacial score (nSPS) is 13.3. The molecule has 0 bridgehead atoms. The first-order chi connectivity index (χ1) is 14.5. The Hall–Kier alpha value is -3.29. The molecule has 2 aromatic carbocycles. The maximum Gasteiger partial charge on any atom is 0.262 e. The number of hydrogen-bond donors (Lipinski definition) is 0. The van der Waals surface area contributed by atoms with Gasteiger partial charge in [0.2, 0.25) is 0 Å². The fourth-order valence-corrected chi connectivity index (χ4v) is 4.65. The Morgan fingerprint density at radius 2 is 1.53 bits per heavy atom. The summed E-state index contributed by atoms with van der Waals surface area (Å²) in [6, 6.07) is 14.0. The molecule has 6 nitrogen and oxygen atoms in total. The molecule has 0 saturated heterocycles. The summed E-state index contributed by atoms with van der Waals surface area (Å²) in [5.74, 6) is -0.676. The number of aromatic nitrogens is 2. The Morgan fingerprint density at radius 3 is 2.20 bits per heavy atom. The van der Waals surface area contributed by atoms with Gasteiger partial charge in [0.1, 0.15) is 4.83 Å². The SMILES string of the molecule is O=C1c2ccccc2C(=O)N1CCn1cnc2scc(-c3ccc(Cl)cc3)c2c1=O. The van der Waals surface area contributed by atoms with Crippen LogP contribution in [0.25, 0.3) is 21.3 Å². The highest BCUT2D eigenvalue weighted by Gasteiger charge is 2.34. The molecule has 3 heterocycles. The maximum absolute atomic E-state index is 13.2. The van der Waals surface area contributed by atoms with Crippen LogP contribution in [0, 0.1) is 0 Å². The maximum atomic E-state index is 13.2. The number of rotatable bonds is 4. The zero-order valence-electron chi connectivity index (χ0n) is 15.5. The third-order valence-electron chi connectivity index (χ3n) is 5.16. The van der Waals surface area contributed by atoms with E-state index in [-0.39, 0.29) is 30.5 Å². The predicted molar refractivity (Wildman–Crippen MR) is 116 cm³/mol. The van der Waals surface area contributed by atoms with Crippen LogP contribution in [0.2, 0.25) is 5.02 Å². The van der Waals surface area contributed by atoms with Crippen molar-refractivity contribution in [3.63, 3.8) is 0 Å². The standard InChI is InChI=1S/C22H14ClN3O3S/c23-14-7-5-13(6-8-14)17-11-30-19-18(17)22(29)25(12-24-19)9-10-26-20(27)15-3-1-2-4-16(15)21(26)28/h1-8,11-12H,9-10H2. The summed E-state index contributed by atoms with van der Waals surface area (Å²) >= 11 is 7.37. The second-order valence-electron chi connectivity index (χ2n) is 6.89. The summed E-state index contributed by atoms with van der Waals surface area (Å²) in [4.78, 5) is 44.5. The average molecular weight is 436 g/mol. The van der Waals surface area contributed by atoms with Crippen LogP contribution in [0.4, 0.5) is 0 Å². The summed E-state index contributed by atoms with van der Waals surface area (Å²) in [6.45, 7) is 0.267. The summed E-state index contributed by atoms with van der Waals surface area (Å²) < 4.78 is 1.44. The molecule has 1 aliphatic heterocycles. The van der Waals surface area contributed by atoms with Crippen LogP contribution in [0.15, 0.2) is 65.0 Å². The fourth-order valence-electron chi connectivity index (χ4n) is 3.62. The highest BCUT2D eigenvalue weighted by Crippen LogP contribution is 2.31. The number of thiophene rings is 1. The molecule has 5 rings (SSSR count). The van der Waals surface area contributed by atoms with Gasteiger partial charge < -0.3 is 0 Å². The van der Waals surface area contributed by atoms with Gasteiger partial charge in [-0.1, -0.05) is 35.9 Å². The number of halogens is 1. The average Bonchev–Trinajstić information content (AvgIpc) is 3.29. The first-order valence-corrected chi connectivity index (χ1v) is 10.5. The largest absolute Gasteiger partial charge is 0.297 e. The van der Waals surface area contributed by atoms with E-state index in [0.29, 0.717) is 26.4 Å². The van der Waals surface area contributed by atoms with Crippen molar-refractivity contribution < 1.29 is 9.59 Å². The Labute approximate surface area is 180 Å². The van der Waals surface area contributed by atoms with Crippen LogP contribution in [-0.4, -0.2) is 32.8 Å². The number of imide groups is 1. The number of carbonyl (C=O) groups excluding carboxylic acids is 2. The molecule has 0 N–H and O–H groups in total. The molecule has 30 heavy (non-hydrogen) atoms. The van der Waals surface area contributed by atoms with Crippen LogP contribution in [0.1, 0.15) is 20.7 Å². The molecule has 0 atom stereocenters. The van der Waals surface area contributed by atoms with Crippen LogP contribution in [0.3, 0.4) is 0 Å². The zero-order chi connectivity index (χ0) is 20.8. The van der Waals surface area contributed by atoms with Gasteiger partial charge in [0, 0.05) is 29.1 Å². The molecule has 0 fully saturated rings. The highest BCUT2D eigenvalue weighted by atomic mass is 35.5. The number of nitrogens with zero attached hydrogens (tertiary/aromatic N) is 3. The van der Waals surface area contributed by atoms with E-state index in [0.717, 1.165) is 11.1 Å². The second-order valence-corrected chi connectivity index (χ2v) is 8.18. The number of carbonyl (C=O) groups is 2. The van der Waals surface area contributed by atoms with Gasteiger partial charge in [-0.15, -0.1) is 11.3 Å². The van der Waals surface area contributed by atoms with Gasteiger partial charge in [-0.2, -0.15) is 0 Å². The van der Waals surface area contributed by atoms with Gasteiger partial charge in [0.05, 0.1) is 22.8 Å². The topological polar surface area (TPSA) is 72.3 Å². The van der Waals surface area contributed by atoms with Crippen LogP contribution >= 0.6 is 22.9 Å². The van der Waals surface area contributed by atoms with E-state index in [1.165, 1.54) is 27.1 Å². The second kappa shape index (κ2) is 7.19. The van der Waals surface area contributed by atoms with E-state index in [1.807, 2.05) is 17.5 Å². The van der Waals surface area contributed by atoms with Crippen LogP contribution in [-0.2, 0) is 6.54 Å². The van der Waals surface area contributed by atoms with Crippen molar-refractivity contribution in [3.05, 3.63) is 86.7 Å².